The molecule has 1 unspecified atom stereocenters. The molecule has 0 aliphatic carbocycles. The van der Waals surface area contributed by atoms with Crippen molar-refractivity contribution in [2.75, 3.05) is 26.3 Å². The van der Waals surface area contributed by atoms with Crippen molar-refractivity contribution in [2.24, 2.45) is 0 Å². The number of ether oxygens (including phenoxy) is 1. The molecule has 2 aromatic carbocycles. The van der Waals surface area contributed by atoms with Gasteiger partial charge in [0.1, 0.15) is 0 Å². The van der Waals surface area contributed by atoms with Crippen molar-refractivity contribution < 1.29 is 9.53 Å². The number of para-hydroxylation sites is 1. The quantitative estimate of drug-likeness (QED) is 0.476. The molecule has 1 fully saturated rings. The Morgan fingerprint density at radius 2 is 1.87 bits per heavy atom. The summed E-state index contributed by atoms with van der Waals surface area (Å²) in [4.78, 5) is 33.0. The van der Waals surface area contributed by atoms with E-state index in [1.807, 2.05) is 62.1 Å². The van der Waals surface area contributed by atoms with Crippen LogP contribution >= 0.6 is 11.8 Å². The Bertz CT molecular complexity index is 1150. The summed E-state index contributed by atoms with van der Waals surface area (Å²) in [7, 11) is 0. The Balaban J connectivity index is 1.79. The van der Waals surface area contributed by atoms with Crippen molar-refractivity contribution in [1.29, 1.82) is 0 Å². The van der Waals surface area contributed by atoms with Crippen LogP contribution in [0.3, 0.4) is 0 Å². The summed E-state index contributed by atoms with van der Waals surface area (Å²) in [6, 6.07) is 13.3. The Morgan fingerprint density at radius 3 is 2.60 bits per heavy atom. The van der Waals surface area contributed by atoms with Crippen LogP contribution in [-0.4, -0.2) is 51.9 Å². The lowest BCUT2D eigenvalue weighted by Gasteiger charge is -2.29. The summed E-state index contributed by atoms with van der Waals surface area (Å²) >= 11 is 1.33. The highest BCUT2D eigenvalue weighted by atomic mass is 32.2. The van der Waals surface area contributed by atoms with Gasteiger partial charge in [0.05, 0.1) is 35.1 Å². The monoisotopic (exact) mass is 423 g/mol. The SMILES string of the molecule is Cc1ccc(-n2c(SC(C)C(=O)N3CCOCC3)nc3ccccc3c2=O)c(C)c1. The number of nitrogens with zero attached hydrogens (tertiary/aromatic N) is 3. The van der Waals surface area contributed by atoms with Gasteiger partial charge in [-0.15, -0.1) is 0 Å². The highest BCUT2D eigenvalue weighted by molar-refractivity contribution is 8.00. The number of amides is 1. The van der Waals surface area contributed by atoms with Crippen LogP contribution in [0.4, 0.5) is 0 Å². The molecule has 156 valence electrons. The van der Waals surface area contributed by atoms with Crippen molar-refractivity contribution in [3.8, 4) is 5.69 Å². The van der Waals surface area contributed by atoms with Gasteiger partial charge in [0.2, 0.25) is 5.91 Å². The van der Waals surface area contributed by atoms with Crippen molar-refractivity contribution in [2.45, 2.75) is 31.2 Å². The summed E-state index contributed by atoms with van der Waals surface area (Å²) in [6.07, 6.45) is 0. The highest BCUT2D eigenvalue weighted by Gasteiger charge is 2.26. The first-order valence-electron chi connectivity index (χ1n) is 10.1. The van der Waals surface area contributed by atoms with Gasteiger partial charge in [0.15, 0.2) is 5.16 Å². The predicted molar refractivity (Wildman–Crippen MR) is 120 cm³/mol. The van der Waals surface area contributed by atoms with E-state index < -0.39 is 0 Å². The van der Waals surface area contributed by atoms with E-state index in [0.29, 0.717) is 42.4 Å². The molecule has 0 saturated carbocycles. The molecule has 4 rings (SSSR count). The molecule has 1 aromatic heterocycles. The van der Waals surface area contributed by atoms with E-state index in [1.54, 1.807) is 10.6 Å². The summed E-state index contributed by atoms with van der Waals surface area (Å²) in [5.41, 5.74) is 3.42. The fraction of sp³-hybridized carbons (Fsp3) is 0.348. The maximum atomic E-state index is 13.4. The van der Waals surface area contributed by atoms with Crippen molar-refractivity contribution >= 4 is 28.6 Å². The first-order valence-corrected chi connectivity index (χ1v) is 11.0. The molecule has 0 radical (unpaired) electrons. The fourth-order valence-electron chi connectivity index (χ4n) is 3.71. The van der Waals surface area contributed by atoms with Gasteiger partial charge in [-0.2, -0.15) is 0 Å². The maximum absolute atomic E-state index is 13.4. The van der Waals surface area contributed by atoms with Crippen molar-refractivity contribution in [1.82, 2.24) is 14.5 Å². The summed E-state index contributed by atoms with van der Waals surface area (Å²) in [5, 5.41) is 0.724. The molecule has 1 atom stereocenters. The standard InChI is InChI=1S/C23H25N3O3S/c1-15-8-9-20(16(2)14-15)26-22(28)18-6-4-5-7-19(18)24-23(26)30-17(3)21(27)25-10-12-29-13-11-25/h4-9,14,17H,10-13H2,1-3H3. The number of benzene rings is 2. The van der Waals surface area contributed by atoms with Gasteiger partial charge in [-0.1, -0.05) is 41.6 Å². The number of thioether (sulfide) groups is 1. The number of rotatable bonds is 4. The van der Waals surface area contributed by atoms with Gasteiger partial charge in [-0.3, -0.25) is 14.2 Å². The first kappa shape index (κ1) is 20.6. The summed E-state index contributed by atoms with van der Waals surface area (Å²) < 4.78 is 7.00. The second kappa shape index (κ2) is 8.62. The van der Waals surface area contributed by atoms with Crippen LogP contribution in [-0.2, 0) is 9.53 Å². The van der Waals surface area contributed by atoms with Crippen LogP contribution in [0.1, 0.15) is 18.1 Å². The van der Waals surface area contributed by atoms with Crippen LogP contribution < -0.4 is 5.56 Å². The fourth-order valence-corrected chi connectivity index (χ4v) is 4.71. The molecular formula is C23H25N3O3S. The van der Waals surface area contributed by atoms with E-state index in [-0.39, 0.29) is 16.7 Å². The van der Waals surface area contributed by atoms with E-state index in [2.05, 4.69) is 0 Å². The lowest BCUT2D eigenvalue weighted by molar-refractivity contribution is -0.134. The third-order valence-electron chi connectivity index (χ3n) is 5.29. The van der Waals surface area contributed by atoms with Crippen LogP contribution in [0.2, 0.25) is 0 Å². The number of carbonyl (C=O) groups excluding carboxylic acids is 1. The van der Waals surface area contributed by atoms with Gasteiger partial charge in [0, 0.05) is 13.1 Å². The molecule has 1 aliphatic rings. The Labute approximate surface area is 179 Å². The minimum Gasteiger partial charge on any atom is -0.378 e. The number of morpholine rings is 1. The third kappa shape index (κ3) is 4.00. The van der Waals surface area contributed by atoms with Gasteiger partial charge < -0.3 is 9.64 Å². The molecule has 0 spiro atoms. The minimum atomic E-state index is -0.367. The third-order valence-corrected chi connectivity index (χ3v) is 6.33. The molecular weight excluding hydrogens is 398 g/mol. The zero-order chi connectivity index (χ0) is 21.3. The predicted octanol–water partition coefficient (Wildman–Crippen LogP) is 3.34. The van der Waals surface area contributed by atoms with Gasteiger partial charge in [0.25, 0.3) is 5.56 Å². The Hall–Kier alpha value is -2.64. The average molecular weight is 424 g/mol. The Kier molecular flexibility index (Phi) is 5.92. The number of fused-ring (bicyclic) bond motifs is 1. The lowest BCUT2D eigenvalue weighted by Crippen LogP contribution is -2.44. The normalized spacial score (nSPS) is 15.4. The molecule has 2 heterocycles. The molecule has 0 N–H and O–H groups in total. The van der Waals surface area contributed by atoms with Crippen LogP contribution in [0.15, 0.2) is 52.4 Å². The number of aromatic nitrogens is 2. The summed E-state index contributed by atoms with van der Waals surface area (Å²) in [6.45, 7) is 8.19. The van der Waals surface area contributed by atoms with E-state index in [4.69, 9.17) is 9.72 Å². The van der Waals surface area contributed by atoms with E-state index in [0.717, 1.165) is 16.8 Å². The highest BCUT2D eigenvalue weighted by Crippen LogP contribution is 2.27. The molecule has 1 saturated heterocycles. The second-order valence-corrected chi connectivity index (χ2v) is 8.85. The average Bonchev–Trinajstić information content (AvgIpc) is 2.75. The topological polar surface area (TPSA) is 64.4 Å². The van der Waals surface area contributed by atoms with Crippen LogP contribution in [0.25, 0.3) is 16.6 Å². The summed E-state index contributed by atoms with van der Waals surface area (Å²) in [5.74, 6) is 0.0397. The van der Waals surface area contributed by atoms with Crippen molar-refractivity contribution in [3.05, 3.63) is 63.9 Å². The number of hydrogen-bond donors (Lipinski definition) is 0. The molecule has 30 heavy (non-hydrogen) atoms. The number of carbonyl (C=O) groups is 1. The van der Waals surface area contributed by atoms with Gasteiger partial charge in [-0.05, 0) is 44.5 Å². The first-order chi connectivity index (χ1) is 14.5. The molecule has 7 heteroatoms. The van der Waals surface area contributed by atoms with Gasteiger partial charge >= 0.3 is 0 Å². The molecule has 1 amide bonds. The van der Waals surface area contributed by atoms with E-state index in [9.17, 15) is 9.59 Å². The number of aryl methyl sites for hydroxylation is 2. The van der Waals surface area contributed by atoms with E-state index in [1.165, 1.54) is 11.8 Å². The van der Waals surface area contributed by atoms with Gasteiger partial charge in [-0.25, -0.2) is 4.98 Å². The van der Waals surface area contributed by atoms with Crippen LogP contribution in [0.5, 0.6) is 0 Å². The smallest absolute Gasteiger partial charge is 0.266 e. The van der Waals surface area contributed by atoms with E-state index >= 15 is 0 Å². The second-order valence-electron chi connectivity index (χ2n) is 7.54. The zero-order valence-corrected chi connectivity index (χ0v) is 18.2. The lowest BCUT2D eigenvalue weighted by atomic mass is 10.1. The van der Waals surface area contributed by atoms with Crippen molar-refractivity contribution in [3.63, 3.8) is 0 Å². The largest absolute Gasteiger partial charge is 0.378 e. The molecule has 1 aliphatic heterocycles. The van der Waals surface area contributed by atoms with Crippen LogP contribution in [0, 0.1) is 13.8 Å². The zero-order valence-electron chi connectivity index (χ0n) is 17.4. The molecule has 3 aromatic rings. The minimum absolute atomic E-state index is 0.0397. The molecule has 6 nitrogen and oxygen atoms in total. The maximum Gasteiger partial charge on any atom is 0.266 e. The Morgan fingerprint density at radius 1 is 1.13 bits per heavy atom. The number of hydrogen-bond acceptors (Lipinski definition) is 5. The molecule has 0 bridgehead atoms.